The molecule has 0 radical (unpaired) electrons. The molecule has 2 N–H and O–H groups in total. The number of halogens is 1. The summed E-state index contributed by atoms with van der Waals surface area (Å²) >= 11 is 0. The molecule has 0 aliphatic heterocycles. The molecule has 0 saturated carbocycles. The molecule has 1 atom stereocenters. The summed E-state index contributed by atoms with van der Waals surface area (Å²) in [5, 5.41) is 6.80. The maximum absolute atomic E-state index is 5.35. The lowest BCUT2D eigenvalue weighted by Crippen LogP contribution is -2.41. The maximum Gasteiger partial charge on any atom is 0.191 e. The van der Waals surface area contributed by atoms with Gasteiger partial charge in [0, 0.05) is 20.1 Å². The molecule has 0 spiro atoms. The van der Waals surface area contributed by atoms with Crippen LogP contribution in [0.1, 0.15) is 22.7 Å². The fraction of sp³-hybridized carbons (Fsp3) is 0.381. The predicted octanol–water partition coefficient (Wildman–Crippen LogP) is 3.59. The van der Waals surface area contributed by atoms with Crippen LogP contribution in [0.4, 0.5) is 0 Å². The van der Waals surface area contributed by atoms with Crippen LogP contribution < -0.4 is 15.4 Å². The van der Waals surface area contributed by atoms with Crippen LogP contribution >= 0.6 is 24.0 Å². The van der Waals surface area contributed by atoms with E-state index in [0.717, 1.165) is 24.8 Å². The van der Waals surface area contributed by atoms with E-state index in [0.29, 0.717) is 0 Å². The number of rotatable bonds is 7. The molecule has 2 aromatic carbocycles. The van der Waals surface area contributed by atoms with Crippen LogP contribution in [-0.4, -0.2) is 45.7 Å². The van der Waals surface area contributed by atoms with Crippen LogP contribution in [0.25, 0.3) is 0 Å². The number of methoxy groups -OCH3 is 1. The van der Waals surface area contributed by atoms with Crippen LogP contribution in [0.5, 0.6) is 5.75 Å². The van der Waals surface area contributed by atoms with Crippen molar-refractivity contribution >= 4 is 29.9 Å². The summed E-state index contributed by atoms with van der Waals surface area (Å²) in [5.41, 5.74) is 3.71. The second kappa shape index (κ2) is 11.8. The molecule has 1 unspecified atom stereocenters. The van der Waals surface area contributed by atoms with Gasteiger partial charge in [-0.1, -0.05) is 42.0 Å². The summed E-state index contributed by atoms with van der Waals surface area (Å²) in [7, 11) is 7.64. The monoisotopic (exact) mass is 482 g/mol. The van der Waals surface area contributed by atoms with E-state index in [4.69, 9.17) is 4.74 Å². The second-order valence-corrected chi connectivity index (χ2v) is 6.55. The molecule has 0 aromatic heterocycles. The summed E-state index contributed by atoms with van der Waals surface area (Å²) < 4.78 is 5.35. The summed E-state index contributed by atoms with van der Waals surface area (Å²) in [6, 6.07) is 16.9. The van der Waals surface area contributed by atoms with Crippen molar-refractivity contribution in [1.29, 1.82) is 0 Å². The Kier molecular flexibility index (Phi) is 10.2. The van der Waals surface area contributed by atoms with Crippen molar-refractivity contribution in [3.05, 3.63) is 65.2 Å². The van der Waals surface area contributed by atoms with Crippen molar-refractivity contribution in [2.75, 3.05) is 34.8 Å². The van der Waals surface area contributed by atoms with Gasteiger partial charge in [0.25, 0.3) is 0 Å². The van der Waals surface area contributed by atoms with Crippen LogP contribution in [-0.2, 0) is 6.54 Å². The molecule has 5 nitrogen and oxygen atoms in total. The third-order valence-electron chi connectivity index (χ3n) is 4.33. The number of hydrogen-bond donors (Lipinski definition) is 2. The minimum Gasteiger partial charge on any atom is -0.497 e. The molecule has 0 fully saturated rings. The van der Waals surface area contributed by atoms with Gasteiger partial charge in [0.05, 0.1) is 13.2 Å². The fourth-order valence-corrected chi connectivity index (χ4v) is 2.87. The van der Waals surface area contributed by atoms with Crippen LogP contribution in [0.3, 0.4) is 0 Å². The highest BCUT2D eigenvalue weighted by Crippen LogP contribution is 2.22. The first-order valence-corrected chi connectivity index (χ1v) is 8.84. The number of benzene rings is 2. The molecule has 0 aliphatic rings. The first kappa shape index (κ1) is 23.2. The van der Waals surface area contributed by atoms with E-state index in [-0.39, 0.29) is 30.0 Å². The molecule has 27 heavy (non-hydrogen) atoms. The van der Waals surface area contributed by atoms with E-state index in [1.165, 1.54) is 16.7 Å². The van der Waals surface area contributed by atoms with Crippen molar-refractivity contribution < 1.29 is 4.74 Å². The minimum atomic E-state index is 0. The Morgan fingerprint density at radius 2 is 1.85 bits per heavy atom. The van der Waals surface area contributed by atoms with E-state index in [1.54, 1.807) is 14.2 Å². The van der Waals surface area contributed by atoms with Gasteiger partial charge in [0.2, 0.25) is 0 Å². The zero-order valence-electron chi connectivity index (χ0n) is 16.8. The molecule has 0 bridgehead atoms. The first-order chi connectivity index (χ1) is 12.5. The van der Waals surface area contributed by atoms with E-state index >= 15 is 0 Å². The van der Waals surface area contributed by atoms with Crippen molar-refractivity contribution in [2.45, 2.75) is 19.5 Å². The summed E-state index contributed by atoms with van der Waals surface area (Å²) in [4.78, 5) is 6.53. The molecular weight excluding hydrogens is 451 g/mol. The van der Waals surface area contributed by atoms with E-state index in [9.17, 15) is 0 Å². The Balaban J connectivity index is 0.00000364. The van der Waals surface area contributed by atoms with Gasteiger partial charge in [0.15, 0.2) is 5.96 Å². The molecule has 0 heterocycles. The third-order valence-corrected chi connectivity index (χ3v) is 4.33. The topological polar surface area (TPSA) is 48.9 Å². The van der Waals surface area contributed by atoms with Gasteiger partial charge in [-0.25, -0.2) is 0 Å². The zero-order valence-corrected chi connectivity index (χ0v) is 19.2. The lowest BCUT2D eigenvalue weighted by atomic mass is 10.1. The molecule has 0 saturated heterocycles. The predicted molar refractivity (Wildman–Crippen MR) is 124 cm³/mol. The first-order valence-electron chi connectivity index (χ1n) is 8.84. The highest BCUT2D eigenvalue weighted by atomic mass is 127. The summed E-state index contributed by atoms with van der Waals surface area (Å²) in [5.74, 6) is 1.66. The molecule has 2 aromatic rings. The Morgan fingerprint density at radius 3 is 2.48 bits per heavy atom. The van der Waals surface area contributed by atoms with Gasteiger partial charge < -0.3 is 20.3 Å². The van der Waals surface area contributed by atoms with Crippen LogP contribution in [0.15, 0.2) is 53.5 Å². The molecular formula is C21H31IN4O. The minimum absolute atomic E-state index is 0. The molecule has 148 valence electrons. The highest BCUT2D eigenvalue weighted by molar-refractivity contribution is 14.0. The Morgan fingerprint density at radius 1 is 1.11 bits per heavy atom. The molecule has 6 heteroatoms. The number of nitrogens with one attached hydrogen (secondary N) is 2. The quantitative estimate of drug-likeness (QED) is 0.360. The average molecular weight is 482 g/mol. The lowest BCUT2D eigenvalue weighted by Gasteiger charge is -2.26. The molecule has 0 amide bonds. The average Bonchev–Trinajstić information content (AvgIpc) is 2.64. The number of aryl methyl sites for hydroxylation is 1. The fourth-order valence-electron chi connectivity index (χ4n) is 2.87. The van der Waals surface area contributed by atoms with E-state index < -0.39 is 0 Å². The van der Waals surface area contributed by atoms with Crippen LogP contribution in [0, 0.1) is 6.92 Å². The van der Waals surface area contributed by atoms with E-state index in [2.05, 4.69) is 77.9 Å². The maximum atomic E-state index is 5.35. The molecule has 2 rings (SSSR count). The van der Waals surface area contributed by atoms with Gasteiger partial charge >= 0.3 is 0 Å². The third kappa shape index (κ3) is 7.38. The SMILES string of the molecule is CN=C(NCc1cccc(C)c1)NCC(c1cccc(OC)c1)N(C)C.I. The molecule has 0 aliphatic carbocycles. The van der Waals surface area contributed by atoms with Crippen molar-refractivity contribution in [3.63, 3.8) is 0 Å². The van der Waals surface area contributed by atoms with Gasteiger partial charge in [0.1, 0.15) is 5.75 Å². The Labute approximate surface area is 180 Å². The number of likely N-dealkylation sites (N-methyl/N-ethyl adjacent to an activating group) is 1. The Hall–Kier alpha value is -1.80. The normalized spacial score (nSPS) is 12.3. The number of hydrogen-bond acceptors (Lipinski definition) is 3. The standard InChI is InChI=1S/C21H30N4O.HI/c1-16-8-6-9-17(12-16)14-23-21(22-2)24-15-20(25(3)4)18-10-7-11-19(13-18)26-5;/h6-13,20H,14-15H2,1-5H3,(H2,22,23,24);1H. The highest BCUT2D eigenvalue weighted by Gasteiger charge is 2.15. The van der Waals surface area contributed by atoms with Gasteiger partial charge in [-0.05, 0) is 44.3 Å². The summed E-state index contributed by atoms with van der Waals surface area (Å²) in [6.07, 6.45) is 0. The van der Waals surface area contributed by atoms with Crippen molar-refractivity contribution in [1.82, 2.24) is 15.5 Å². The number of nitrogens with zero attached hydrogens (tertiary/aromatic N) is 2. The number of ether oxygens (including phenoxy) is 1. The lowest BCUT2D eigenvalue weighted by molar-refractivity contribution is 0.297. The van der Waals surface area contributed by atoms with Gasteiger partial charge in [-0.3, -0.25) is 4.99 Å². The van der Waals surface area contributed by atoms with Crippen molar-refractivity contribution in [2.24, 2.45) is 4.99 Å². The number of guanidine groups is 1. The largest absolute Gasteiger partial charge is 0.497 e. The van der Waals surface area contributed by atoms with Crippen molar-refractivity contribution in [3.8, 4) is 5.75 Å². The Bertz CT molecular complexity index is 734. The van der Waals surface area contributed by atoms with Gasteiger partial charge in [-0.2, -0.15) is 0 Å². The smallest absolute Gasteiger partial charge is 0.191 e. The van der Waals surface area contributed by atoms with E-state index in [1.807, 2.05) is 12.1 Å². The second-order valence-electron chi connectivity index (χ2n) is 6.55. The number of aliphatic imine (C=N–C) groups is 1. The van der Waals surface area contributed by atoms with Gasteiger partial charge in [-0.15, -0.1) is 24.0 Å². The summed E-state index contributed by atoms with van der Waals surface area (Å²) in [6.45, 7) is 3.59. The van der Waals surface area contributed by atoms with Crippen LogP contribution in [0.2, 0.25) is 0 Å². The zero-order chi connectivity index (χ0) is 18.9.